The van der Waals surface area contributed by atoms with Crippen LogP contribution in [0, 0.1) is 0 Å². The summed E-state index contributed by atoms with van der Waals surface area (Å²) >= 11 is 0. The van der Waals surface area contributed by atoms with Crippen molar-refractivity contribution in [2.75, 3.05) is 20.3 Å². The molecule has 1 aliphatic rings. The van der Waals surface area contributed by atoms with Crippen molar-refractivity contribution in [3.8, 4) is 0 Å². The average molecular weight is 292 g/mol. The molecule has 1 amide bonds. The average Bonchev–Trinajstić information content (AvgIpc) is 2.82. The summed E-state index contributed by atoms with van der Waals surface area (Å²) in [5, 5.41) is 0. The maximum Gasteiger partial charge on any atom is 0.433 e. The molecule has 0 aliphatic carbocycles. The third kappa shape index (κ3) is 2.90. The number of nitrogens with zero attached hydrogens (tertiary/aromatic N) is 2. The van der Waals surface area contributed by atoms with E-state index in [-0.39, 0.29) is 18.8 Å². The van der Waals surface area contributed by atoms with E-state index in [2.05, 4.69) is 4.98 Å². The first-order valence-electron chi connectivity index (χ1n) is 5.83. The van der Waals surface area contributed by atoms with Crippen molar-refractivity contribution in [1.82, 2.24) is 9.88 Å². The van der Waals surface area contributed by atoms with Crippen LogP contribution in [0.4, 0.5) is 17.6 Å². The minimum absolute atomic E-state index is 0.0281. The number of pyridine rings is 1. The molecule has 1 aromatic heterocycles. The van der Waals surface area contributed by atoms with Gasteiger partial charge in [0.1, 0.15) is 11.9 Å². The number of alkyl halides is 4. The van der Waals surface area contributed by atoms with E-state index in [9.17, 15) is 22.4 Å². The van der Waals surface area contributed by atoms with E-state index in [0.717, 1.165) is 23.2 Å². The molecule has 2 atom stereocenters. The van der Waals surface area contributed by atoms with Gasteiger partial charge in [-0.1, -0.05) is 0 Å². The van der Waals surface area contributed by atoms with Crippen LogP contribution in [0.15, 0.2) is 18.3 Å². The Morgan fingerprint density at radius 1 is 1.40 bits per heavy atom. The van der Waals surface area contributed by atoms with Crippen LogP contribution in [0.1, 0.15) is 16.1 Å². The Bertz CT molecular complexity index is 489. The van der Waals surface area contributed by atoms with Gasteiger partial charge in [0.15, 0.2) is 0 Å². The summed E-state index contributed by atoms with van der Waals surface area (Å²) in [6, 6.07) is 1.02. The third-order valence-electron chi connectivity index (χ3n) is 3.10. The molecule has 110 valence electrons. The fourth-order valence-electron chi connectivity index (χ4n) is 1.91. The zero-order chi connectivity index (χ0) is 14.9. The van der Waals surface area contributed by atoms with E-state index in [4.69, 9.17) is 4.74 Å². The van der Waals surface area contributed by atoms with Gasteiger partial charge in [-0.25, -0.2) is 4.39 Å². The molecule has 0 bridgehead atoms. The Morgan fingerprint density at radius 2 is 2.10 bits per heavy atom. The van der Waals surface area contributed by atoms with Gasteiger partial charge in [0.05, 0.1) is 24.8 Å². The number of rotatable bonds is 2. The van der Waals surface area contributed by atoms with Crippen LogP contribution in [-0.2, 0) is 10.9 Å². The number of likely N-dealkylation sites (N-methyl/N-ethyl adjacent to an activating group) is 1. The van der Waals surface area contributed by atoms with Crippen molar-refractivity contribution in [3.63, 3.8) is 0 Å². The van der Waals surface area contributed by atoms with E-state index >= 15 is 0 Å². The van der Waals surface area contributed by atoms with Crippen molar-refractivity contribution >= 4 is 5.91 Å². The zero-order valence-corrected chi connectivity index (χ0v) is 10.5. The van der Waals surface area contributed by atoms with Crippen LogP contribution in [0.3, 0.4) is 0 Å². The first kappa shape index (κ1) is 14.7. The number of ether oxygens (including phenoxy) is 1. The predicted molar refractivity (Wildman–Crippen MR) is 60.8 cm³/mol. The molecule has 1 fully saturated rings. The lowest BCUT2D eigenvalue weighted by molar-refractivity contribution is -0.141. The molecule has 20 heavy (non-hydrogen) atoms. The van der Waals surface area contributed by atoms with Crippen molar-refractivity contribution in [1.29, 1.82) is 0 Å². The van der Waals surface area contributed by atoms with E-state index < -0.39 is 30.0 Å². The molecule has 0 N–H and O–H groups in total. The number of carbonyl (C=O) groups excluding carboxylic acids is 1. The summed E-state index contributed by atoms with van der Waals surface area (Å²) in [6.45, 7) is -0.0228. The van der Waals surface area contributed by atoms with Gasteiger partial charge in [0.25, 0.3) is 5.91 Å². The minimum atomic E-state index is -4.56. The molecule has 0 radical (unpaired) electrons. The summed E-state index contributed by atoms with van der Waals surface area (Å²) in [4.78, 5) is 16.3. The Balaban J connectivity index is 2.13. The van der Waals surface area contributed by atoms with Gasteiger partial charge in [-0.05, 0) is 12.1 Å². The fourth-order valence-corrected chi connectivity index (χ4v) is 1.91. The van der Waals surface area contributed by atoms with Gasteiger partial charge < -0.3 is 9.64 Å². The lowest BCUT2D eigenvalue weighted by atomic mass is 10.1. The van der Waals surface area contributed by atoms with Crippen LogP contribution in [-0.4, -0.2) is 48.3 Å². The maximum atomic E-state index is 13.5. The molecule has 0 unspecified atom stereocenters. The summed E-state index contributed by atoms with van der Waals surface area (Å²) < 4.78 is 55.4. The van der Waals surface area contributed by atoms with Crippen LogP contribution < -0.4 is 0 Å². The number of aromatic nitrogens is 1. The van der Waals surface area contributed by atoms with E-state index in [1.54, 1.807) is 0 Å². The van der Waals surface area contributed by atoms with E-state index in [1.807, 2.05) is 0 Å². The molecule has 4 nitrogen and oxygen atoms in total. The molecule has 0 spiro atoms. The SMILES string of the molecule is CN(C(=O)c1ccc(C(F)(F)F)nc1)[C@@H]1COC[C@H]1F. The summed E-state index contributed by atoms with van der Waals surface area (Å²) in [7, 11) is 1.38. The lowest BCUT2D eigenvalue weighted by Crippen LogP contribution is -2.42. The highest BCUT2D eigenvalue weighted by Crippen LogP contribution is 2.27. The monoisotopic (exact) mass is 292 g/mol. The normalized spacial score (nSPS) is 22.9. The summed E-state index contributed by atoms with van der Waals surface area (Å²) in [5.74, 6) is -0.593. The molecule has 1 saturated heterocycles. The number of hydrogen-bond donors (Lipinski definition) is 0. The van der Waals surface area contributed by atoms with Crippen molar-refractivity contribution in [3.05, 3.63) is 29.6 Å². The number of amides is 1. The first-order valence-corrected chi connectivity index (χ1v) is 5.83. The third-order valence-corrected chi connectivity index (χ3v) is 3.10. The standard InChI is InChI=1S/C12H12F4N2O2/c1-18(9-6-20-5-8(9)13)11(19)7-2-3-10(17-4-7)12(14,15)16/h2-4,8-9H,5-6H2,1H3/t8-,9-/m1/s1. The Morgan fingerprint density at radius 3 is 2.55 bits per heavy atom. The minimum Gasteiger partial charge on any atom is -0.376 e. The van der Waals surface area contributed by atoms with Crippen molar-refractivity contribution < 1.29 is 27.1 Å². The molecule has 0 saturated carbocycles. The molecule has 1 aromatic rings. The van der Waals surface area contributed by atoms with Gasteiger partial charge in [0.2, 0.25) is 0 Å². The Kier molecular flexibility index (Phi) is 3.94. The molecule has 2 rings (SSSR count). The lowest BCUT2D eigenvalue weighted by Gasteiger charge is -2.24. The Labute approximate surface area is 112 Å². The highest BCUT2D eigenvalue weighted by molar-refractivity contribution is 5.94. The second-order valence-corrected chi connectivity index (χ2v) is 4.47. The van der Waals surface area contributed by atoms with Crippen LogP contribution >= 0.6 is 0 Å². The molecule has 1 aliphatic heterocycles. The van der Waals surface area contributed by atoms with Crippen LogP contribution in [0.2, 0.25) is 0 Å². The fraction of sp³-hybridized carbons (Fsp3) is 0.500. The largest absolute Gasteiger partial charge is 0.433 e. The quantitative estimate of drug-likeness (QED) is 0.782. The van der Waals surface area contributed by atoms with Gasteiger partial charge in [-0.2, -0.15) is 13.2 Å². The van der Waals surface area contributed by atoms with Crippen molar-refractivity contribution in [2.45, 2.75) is 18.4 Å². The molecular weight excluding hydrogens is 280 g/mol. The van der Waals surface area contributed by atoms with E-state index in [1.165, 1.54) is 7.05 Å². The summed E-state index contributed by atoms with van der Waals surface area (Å²) in [5.41, 5.74) is -1.11. The second kappa shape index (κ2) is 5.35. The molecular formula is C12H12F4N2O2. The summed E-state index contributed by atoms with van der Waals surface area (Å²) in [6.07, 6.45) is -5.02. The molecule has 0 aromatic carbocycles. The molecule has 8 heteroatoms. The number of halogens is 4. The zero-order valence-electron chi connectivity index (χ0n) is 10.5. The van der Waals surface area contributed by atoms with Gasteiger partial charge in [0, 0.05) is 13.2 Å². The highest BCUT2D eigenvalue weighted by atomic mass is 19.4. The second-order valence-electron chi connectivity index (χ2n) is 4.47. The smallest absolute Gasteiger partial charge is 0.376 e. The topological polar surface area (TPSA) is 42.4 Å². The number of carbonyl (C=O) groups is 1. The van der Waals surface area contributed by atoms with Gasteiger partial charge in [-0.3, -0.25) is 9.78 Å². The molecule has 2 heterocycles. The Hall–Kier alpha value is -1.70. The van der Waals surface area contributed by atoms with Gasteiger partial charge >= 0.3 is 6.18 Å². The predicted octanol–water partition coefficient (Wildman–Crippen LogP) is 1.91. The van der Waals surface area contributed by atoms with Crippen LogP contribution in [0.25, 0.3) is 0 Å². The van der Waals surface area contributed by atoms with Gasteiger partial charge in [-0.15, -0.1) is 0 Å². The van der Waals surface area contributed by atoms with Crippen LogP contribution in [0.5, 0.6) is 0 Å². The number of hydrogen-bond acceptors (Lipinski definition) is 3. The maximum absolute atomic E-state index is 13.5. The van der Waals surface area contributed by atoms with E-state index in [0.29, 0.717) is 0 Å². The first-order chi connectivity index (χ1) is 9.30. The van der Waals surface area contributed by atoms with Crippen molar-refractivity contribution in [2.24, 2.45) is 0 Å². The highest BCUT2D eigenvalue weighted by Gasteiger charge is 2.35.